The molecular weight excluding hydrogens is 232 g/mol. The van der Waals surface area contributed by atoms with E-state index in [4.69, 9.17) is 0 Å². The molecule has 3 aromatic rings. The quantitative estimate of drug-likeness (QED) is 0.531. The molecule has 3 rings (SSSR count). The maximum absolute atomic E-state index is 9.34. The summed E-state index contributed by atoms with van der Waals surface area (Å²) >= 11 is 0. The van der Waals surface area contributed by atoms with Gasteiger partial charge in [-0.25, -0.2) is 0 Å². The maximum Gasteiger partial charge on any atom is 0.0998 e. The fourth-order valence-corrected chi connectivity index (χ4v) is 2.19. The van der Waals surface area contributed by atoms with Crippen molar-refractivity contribution in [2.45, 2.75) is 0 Å². The minimum atomic E-state index is 0.675. The molecule has 2 aromatic carbocycles. The van der Waals surface area contributed by atoms with Crippen molar-refractivity contribution >= 4 is 22.6 Å². The van der Waals surface area contributed by atoms with Gasteiger partial charge in [-0.05, 0) is 29.3 Å². The Morgan fingerprint density at radius 1 is 1.00 bits per heavy atom. The van der Waals surface area contributed by atoms with Gasteiger partial charge in [0.1, 0.15) is 0 Å². The average molecular weight is 244 g/mol. The first-order valence-corrected chi connectivity index (χ1v) is 6.12. The molecule has 0 atom stereocenters. The van der Waals surface area contributed by atoms with E-state index < -0.39 is 0 Å². The number of hydrogen-bond acceptors (Lipinski definition) is 1. The maximum atomic E-state index is 9.34. The Morgan fingerprint density at radius 2 is 1.84 bits per heavy atom. The van der Waals surface area contributed by atoms with Crippen LogP contribution in [0.1, 0.15) is 11.1 Å². The molecule has 19 heavy (non-hydrogen) atoms. The summed E-state index contributed by atoms with van der Waals surface area (Å²) in [7, 11) is 0. The van der Waals surface area contributed by atoms with Crippen molar-refractivity contribution in [3.8, 4) is 6.07 Å². The molecule has 0 aliphatic rings. The number of H-pyrrole nitrogens is 1. The van der Waals surface area contributed by atoms with Gasteiger partial charge in [0.2, 0.25) is 0 Å². The molecule has 0 saturated carbocycles. The number of aromatic amines is 1. The van der Waals surface area contributed by atoms with Crippen LogP contribution in [0, 0.1) is 11.3 Å². The van der Waals surface area contributed by atoms with E-state index in [0.29, 0.717) is 5.57 Å². The van der Waals surface area contributed by atoms with Crippen LogP contribution in [-0.4, -0.2) is 4.98 Å². The molecule has 0 bridgehead atoms. The standard InChI is InChI=1S/C17H12N2/c18-12-15(13-5-2-1-3-6-13)11-14-7-4-8-17-16(14)9-10-19-17/h1-11,19H/b15-11-. The smallest absolute Gasteiger partial charge is 0.0998 e. The van der Waals surface area contributed by atoms with Crippen LogP contribution < -0.4 is 0 Å². The summed E-state index contributed by atoms with van der Waals surface area (Å²) in [5, 5.41) is 10.5. The molecule has 2 nitrogen and oxygen atoms in total. The van der Waals surface area contributed by atoms with Crippen molar-refractivity contribution in [2.24, 2.45) is 0 Å². The fraction of sp³-hybridized carbons (Fsp3) is 0. The summed E-state index contributed by atoms with van der Waals surface area (Å²) in [6, 6.07) is 20.1. The Kier molecular flexibility index (Phi) is 2.88. The van der Waals surface area contributed by atoms with Gasteiger partial charge in [0.25, 0.3) is 0 Å². The van der Waals surface area contributed by atoms with E-state index in [1.807, 2.05) is 66.9 Å². The lowest BCUT2D eigenvalue weighted by molar-refractivity contribution is 1.48. The number of nitriles is 1. The fourth-order valence-electron chi connectivity index (χ4n) is 2.19. The number of nitrogens with one attached hydrogen (secondary N) is 1. The zero-order chi connectivity index (χ0) is 13.1. The zero-order valence-corrected chi connectivity index (χ0v) is 10.3. The predicted octanol–water partition coefficient (Wildman–Crippen LogP) is 4.23. The third kappa shape index (κ3) is 2.14. The van der Waals surface area contributed by atoms with Crippen molar-refractivity contribution in [3.05, 3.63) is 71.9 Å². The van der Waals surface area contributed by atoms with Crippen LogP contribution in [0.5, 0.6) is 0 Å². The lowest BCUT2D eigenvalue weighted by Crippen LogP contribution is -1.82. The van der Waals surface area contributed by atoms with E-state index in [9.17, 15) is 5.26 Å². The van der Waals surface area contributed by atoms with E-state index in [2.05, 4.69) is 11.1 Å². The molecule has 0 saturated heterocycles. The SMILES string of the molecule is N#C/C(=C/c1cccc2[nH]ccc12)c1ccccc1. The molecule has 0 aliphatic carbocycles. The number of aromatic nitrogens is 1. The number of nitrogens with zero attached hydrogens (tertiary/aromatic N) is 1. The largest absolute Gasteiger partial charge is 0.361 e. The van der Waals surface area contributed by atoms with E-state index in [0.717, 1.165) is 22.0 Å². The van der Waals surface area contributed by atoms with E-state index in [1.54, 1.807) is 0 Å². The highest BCUT2D eigenvalue weighted by Gasteiger charge is 2.03. The van der Waals surface area contributed by atoms with Gasteiger partial charge in [0.05, 0.1) is 11.6 Å². The highest BCUT2D eigenvalue weighted by atomic mass is 14.7. The van der Waals surface area contributed by atoms with Crippen LogP contribution in [0.3, 0.4) is 0 Å². The summed E-state index contributed by atoms with van der Waals surface area (Å²) in [6.45, 7) is 0. The van der Waals surface area contributed by atoms with Crippen molar-refractivity contribution in [1.29, 1.82) is 5.26 Å². The first-order chi connectivity index (χ1) is 9.38. The van der Waals surface area contributed by atoms with Crippen LogP contribution in [0.25, 0.3) is 22.6 Å². The highest BCUT2D eigenvalue weighted by molar-refractivity contribution is 5.97. The Labute approximate surface area is 111 Å². The lowest BCUT2D eigenvalue weighted by atomic mass is 10.0. The Hall–Kier alpha value is -2.79. The van der Waals surface area contributed by atoms with Gasteiger partial charge in [-0.3, -0.25) is 0 Å². The molecule has 1 heterocycles. The summed E-state index contributed by atoms with van der Waals surface area (Å²) in [6.07, 6.45) is 3.85. The van der Waals surface area contributed by atoms with Crippen molar-refractivity contribution in [2.75, 3.05) is 0 Å². The molecule has 0 unspecified atom stereocenters. The second-order valence-corrected chi connectivity index (χ2v) is 4.32. The number of hydrogen-bond donors (Lipinski definition) is 1. The molecule has 0 radical (unpaired) electrons. The van der Waals surface area contributed by atoms with E-state index in [-0.39, 0.29) is 0 Å². The molecule has 0 spiro atoms. The van der Waals surface area contributed by atoms with Gasteiger partial charge < -0.3 is 4.98 Å². The average Bonchev–Trinajstić information content (AvgIpc) is 2.95. The topological polar surface area (TPSA) is 39.6 Å². The molecule has 1 N–H and O–H groups in total. The van der Waals surface area contributed by atoms with Gasteiger partial charge in [-0.1, -0.05) is 42.5 Å². The van der Waals surface area contributed by atoms with Gasteiger partial charge in [0.15, 0.2) is 0 Å². The molecule has 90 valence electrons. The number of allylic oxidation sites excluding steroid dienone is 1. The summed E-state index contributed by atoms with van der Waals surface area (Å²) in [5.41, 5.74) is 3.75. The van der Waals surface area contributed by atoms with E-state index in [1.165, 1.54) is 0 Å². The molecule has 0 aliphatic heterocycles. The molecule has 0 fully saturated rings. The van der Waals surface area contributed by atoms with Gasteiger partial charge in [0, 0.05) is 17.1 Å². The first-order valence-electron chi connectivity index (χ1n) is 6.12. The van der Waals surface area contributed by atoms with Crippen LogP contribution in [0.4, 0.5) is 0 Å². The van der Waals surface area contributed by atoms with E-state index >= 15 is 0 Å². The minimum Gasteiger partial charge on any atom is -0.361 e. The summed E-state index contributed by atoms with van der Waals surface area (Å²) in [4.78, 5) is 3.18. The van der Waals surface area contributed by atoms with Gasteiger partial charge >= 0.3 is 0 Å². The zero-order valence-electron chi connectivity index (χ0n) is 10.3. The second kappa shape index (κ2) is 4.83. The Bertz CT molecular complexity index is 774. The predicted molar refractivity (Wildman–Crippen MR) is 78.2 cm³/mol. The lowest BCUT2D eigenvalue weighted by Gasteiger charge is -2.01. The molecular formula is C17H12N2. The molecule has 1 aromatic heterocycles. The second-order valence-electron chi connectivity index (χ2n) is 4.32. The molecule has 0 amide bonds. The van der Waals surface area contributed by atoms with Gasteiger partial charge in [-0.15, -0.1) is 0 Å². The van der Waals surface area contributed by atoms with Gasteiger partial charge in [-0.2, -0.15) is 5.26 Å². The number of fused-ring (bicyclic) bond motifs is 1. The van der Waals surface area contributed by atoms with Crippen LogP contribution in [0.15, 0.2) is 60.8 Å². The van der Waals surface area contributed by atoms with Crippen molar-refractivity contribution < 1.29 is 0 Å². The normalized spacial score (nSPS) is 11.4. The summed E-state index contributed by atoms with van der Waals surface area (Å²) < 4.78 is 0. The van der Waals surface area contributed by atoms with Crippen molar-refractivity contribution in [3.63, 3.8) is 0 Å². The number of benzene rings is 2. The Balaban J connectivity index is 2.14. The highest BCUT2D eigenvalue weighted by Crippen LogP contribution is 2.23. The third-order valence-electron chi connectivity index (χ3n) is 3.13. The monoisotopic (exact) mass is 244 g/mol. The third-order valence-corrected chi connectivity index (χ3v) is 3.13. The number of rotatable bonds is 2. The van der Waals surface area contributed by atoms with Crippen molar-refractivity contribution in [1.82, 2.24) is 4.98 Å². The van der Waals surface area contributed by atoms with Crippen LogP contribution >= 0.6 is 0 Å². The van der Waals surface area contributed by atoms with Crippen LogP contribution in [0.2, 0.25) is 0 Å². The first kappa shape index (κ1) is 11.3. The summed E-state index contributed by atoms with van der Waals surface area (Å²) in [5.74, 6) is 0. The molecule has 2 heteroatoms. The minimum absolute atomic E-state index is 0.675. The van der Waals surface area contributed by atoms with Crippen LogP contribution in [-0.2, 0) is 0 Å². The Morgan fingerprint density at radius 3 is 2.63 bits per heavy atom.